The van der Waals surface area contributed by atoms with Crippen molar-refractivity contribution in [3.63, 3.8) is 0 Å². The van der Waals surface area contributed by atoms with E-state index in [4.69, 9.17) is 14.4 Å². The molecule has 0 unspecified atom stereocenters. The van der Waals surface area contributed by atoms with Crippen LogP contribution in [-0.4, -0.2) is 47.3 Å². The molecule has 106 valence electrons. The molecule has 0 bridgehead atoms. The van der Waals surface area contributed by atoms with Crippen LogP contribution in [0.2, 0.25) is 0 Å². The molecule has 7 nitrogen and oxygen atoms in total. The van der Waals surface area contributed by atoms with Crippen LogP contribution in [0.25, 0.3) is 0 Å². The zero-order chi connectivity index (χ0) is 14.3. The number of carbonyl (C=O) groups is 2. The molecule has 1 amide bonds. The molecular formula is C11H16N2O5S. The van der Waals surface area contributed by atoms with Gasteiger partial charge in [-0.1, -0.05) is 5.16 Å². The van der Waals surface area contributed by atoms with Gasteiger partial charge in [0.15, 0.2) is 11.5 Å². The van der Waals surface area contributed by atoms with Gasteiger partial charge in [-0.2, -0.15) is 11.8 Å². The Morgan fingerprint density at radius 1 is 1.63 bits per heavy atom. The van der Waals surface area contributed by atoms with Crippen LogP contribution in [0.1, 0.15) is 22.7 Å². The normalized spacial score (nSPS) is 12.1. The number of nitrogens with zero attached hydrogens (tertiary/aromatic N) is 1. The molecule has 0 fully saturated rings. The van der Waals surface area contributed by atoms with Crippen LogP contribution in [0.4, 0.5) is 0 Å². The van der Waals surface area contributed by atoms with Crippen molar-refractivity contribution in [1.29, 1.82) is 0 Å². The molecule has 0 aliphatic rings. The quantitative estimate of drug-likeness (QED) is 0.728. The Hall–Kier alpha value is -1.54. The molecule has 0 spiro atoms. The Balaban J connectivity index is 2.62. The molecule has 1 rings (SSSR count). The minimum Gasteiger partial charge on any atom is -0.480 e. The van der Waals surface area contributed by atoms with Crippen LogP contribution >= 0.6 is 11.8 Å². The third-order valence-electron chi connectivity index (χ3n) is 2.29. The lowest BCUT2D eigenvalue weighted by Crippen LogP contribution is -2.41. The van der Waals surface area contributed by atoms with E-state index in [1.54, 1.807) is 0 Å². The number of nitrogens with one attached hydrogen (secondary N) is 1. The summed E-state index contributed by atoms with van der Waals surface area (Å²) in [6.45, 7) is 0.203. The van der Waals surface area contributed by atoms with E-state index in [1.165, 1.54) is 24.9 Å². The van der Waals surface area contributed by atoms with Crippen molar-refractivity contribution in [2.75, 3.05) is 19.1 Å². The van der Waals surface area contributed by atoms with Crippen molar-refractivity contribution in [2.45, 2.75) is 19.1 Å². The van der Waals surface area contributed by atoms with Crippen molar-refractivity contribution < 1.29 is 24.0 Å². The van der Waals surface area contributed by atoms with Crippen LogP contribution < -0.4 is 5.32 Å². The highest BCUT2D eigenvalue weighted by molar-refractivity contribution is 7.98. The summed E-state index contributed by atoms with van der Waals surface area (Å²) in [7, 11) is 1.49. The lowest BCUT2D eigenvalue weighted by molar-refractivity contribution is -0.139. The number of rotatable bonds is 8. The molecular weight excluding hydrogens is 272 g/mol. The predicted octanol–water partition coefficient (Wildman–Crippen LogP) is 0.757. The van der Waals surface area contributed by atoms with Gasteiger partial charge in [-0.25, -0.2) is 4.79 Å². The maximum Gasteiger partial charge on any atom is 0.326 e. The lowest BCUT2D eigenvalue weighted by atomic mass is 10.2. The summed E-state index contributed by atoms with van der Waals surface area (Å²) in [4.78, 5) is 22.8. The number of thioether (sulfide) groups is 1. The van der Waals surface area contributed by atoms with Gasteiger partial charge in [-0.05, 0) is 18.4 Å². The average molecular weight is 288 g/mol. The maximum absolute atomic E-state index is 11.8. The molecule has 1 heterocycles. The molecule has 1 atom stereocenters. The van der Waals surface area contributed by atoms with Gasteiger partial charge in [0, 0.05) is 13.2 Å². The smallest absolute Gasteiger partial charge is 0.326 e. The van der Waals surface area contributed by atoms with Crippen molar-refractivity contribution in [2.24, 2.45) is 0 Å². The zero-order valence-corrected chi connectivity index (χ0v) is 11.5. The van der Waals surface area contributed by atoms with Crippen LogP contribution in [0, 0.1) is 0 Å². The Morgan fingerprint density at radius 2 is 2.37 bits per heavy atom. The SMILES string of the molecule is COCc1cc(C(=O)N[C@H](CCSC)C(=O)O)no1. The molecule has 2 N–H and O–H groups in total. The van der Waals surface area contributed by atoms with Gasteiger partial charge in [0.1, 0.15) is 12.6 Å². The predicted molar refractivity (Wildman–Crippen MR) is 69.1 cm³/mol. The first-order valence-corrected chi connectivity index (χ1v) is 6.95. The number of carboxylic acid groups (broad SMARTS) is 1. The summed E-state index contributed by atoms with van der Waals surface area (Å²) in [5.41, 5.74) is 0.0439. The van der Waals surface area contributed by atoms with E-state index < -0.39 is 17.9 Å². The molecule has 19 heavy (non-hydrogen) atoms. The number of carboxylic acids is 1. The molecule has 8 heteroatoms. The highest BCUT2D eigenvalue weighted by atomic mass is 32.2. The first kappa shape index (κ1) is 15.5. The molecule has 1 aromatic heterocycles. The van der Waals surface area contributed by atoms with Crippen molar-refractivity contribution >= 4 is 23.6 Å². The summed E-state index contributed by atoms with van der Waals surface area (Å²) < 4.78 is 9.69. The summed E-state index contributed by atoms with van der Waals surface area (Å²) in [5, 5.41) is 15.0. The van der Waals surface area contributed by atoms with Crippen molar-refractivity contribution in [3.8, 4) is 0 Å². The van der Waals surface area contributed by atoms with E-state index in [0.29, 0.717) is 17.9 Å². The fourth-order valence-corrected chi connectivity index (χ4v) is 1.83. The van der Waals surface area contributed by atoms with E-state index in [0.717, 1.165) is 0 Å². The first-order chi connectivity index (χ1) is 9.08. The second-order valence-electron chi connectivity index (χ2n) is 3.76. The fourth-order valence-electron chi connectivity index (χ4n) is 1.36. The van der Waals surface area contributed by atoms with Gasteiger partial charge >= 0.3 is 5.97 Å². The summed E-state index contributed by atoms with van der Waals surface area (Å²) in [6, 6.07) is 0.495. The molecule has 0 aromatic carbocycles. The minimum absolute atomic E-state index is 0.0439. The van der Waals surface area contributed by atoms with Crippen LogP contribution in [0.5, 0.6) is 0 Å². The van der Waals surface area contributed by atoms with E-state index in [-0.39, 0.29) is 12.3 Å². The van der Waals surface area contributed by atoms with Gasteiger partial charge in [0.2, 0.25) is 0 Å². The van der Waals surface area contributed by atoms with Gasteiger partial charge in [-0.15, -0.1) is 0 Å². The molecule has 0 aliphatic carbocycles. The number of amides is 1. The highest BCUT2D eigenvalue weighted by Crippen LogP contribution is 2.06. The third kappa shape index (κ3) is 4.92. The highest BCUT2D eigenvalue weighted by Gasteiger charge is 2.22. The third-order valence-corrected chi connectivity index (χ3v) is 2.94. The van der Waals surface area contributed by atoms with Crippen LogP contribution in [0.3, 0.4) is 0 Å². The number of aliphatic carboxylic acids is 1. The number of methoxy groups -OCH3 is 1. The molecule has 0 saturated carbocycles. The van der Waals surface area contributed by atoms with Crippen LogP contribution in [0.15, 0.2) is 10.6 Å². The number of ether oxygens (including phenoxy) is 1. The lowest BCUT2D eigenvalue weighted by Gasteiger charge is -2.12. The molecule has 0 saturated heterocycles. The van der Waals surface area contributed by atoms with E-state index >= 15 is 0 Å². The topological polar surface area (TPSA) is 102 Å². The first-order valence-electron chi connectivity index (χ1n) is 5.55. The summed E-state index contributed by atoms with van der Waals surface area (Å²) >= 11 is 1.52. The largest absolute Gasteiger partial charge is 0.480 e. The molecule has 1 aromatic rings. The van der Waals surface area contributed by atoms with Crippen molar-refractivity contribution in [3.05, 3.63) is 17.5 Å². The molecule has 0 radical (unpaired) electrons. The van der Waals surface area contributed by atoms with Gasteiger partial charge < -0.3 is 19.7 Å². The Labute approximate surface area is 114 Å². The standard InChI is InChI=1S/C11H16N2O5S/c1-17-6-7-5-9(13-18-7)10(14)12-8(11(15)16)3-4-19-2/h5,8H,3-4,6H2,1-2H3,(H,12,14)(H,15,16)/t8-/m1/s1. The monoisotopic (exact) mass is 288 g/mol. The Kier molecular flexibility index (Phi) is 6.37. The van der Waals surface area contributed by atoms with Gasteiger partial charge in [0.25, 0.3) is 5.91 Å². The molecule has 0 aliphatic heterocycles. The fraction of sp³-hybridized carbons (Fsp3) is 0.545. The number of carbonyl (C=O) groups excluding carboxylic acids is 1. The van der Waals surface area contributed by atoms with Crippen LogP contribution in [-0.2, 0) is 16.1 Å². The van der Waals surface area contributed by atoms with Gasteiger partial charge in [0.05, 0.1) is 0 Å². The summed E-state index contributed by atoms with van der Waals surface area (Å²) in [6.07, 6.45) is 2.22. The number of hydrogen-bond acceptors (Lipinski definition) is 6. The number of hydrogen-bond donors (Lipinski definition) is 2. The zero-order valence-electron chi connectivity index (χ0n) is 10.7. The Bertz CT molecular complexity index is 434. The van der Waals surface area contributed by atoms with E-state index in [2.05, 4.69) is 10.5 Å². The van der Waals surface area contributed by atoms with Crippen molar-refractivity contribution in [1.82, 2.24) is 10.5 Å². The minimum atomic E-state index is -1.07. The van der Waals surface area contributed by atoms with Gasteiger partial charge in [-0.3, -0.25) is 4.79 Å². The summed E-state index contributed by atoms with van der Waals surface area (Å²) in [5.74, 6) is -0.586. The average Bonchev–Trinajstić information content (AvgIpc) is 2.83. The number of aromatic nitrogens is 1. The van der Waals surface area contributed by atoms with E-state index in [9.17, 15) is 9.59 Å². The maximum atomic E-state index is 11.8. The second-order valence-corrected chi connectivity index (χ2v) is 4.74. The second kappa shape index (κ2) is 7.80. The van der Waals surface area contributed by atoms with E-state index in [1.807, 2.05) is 6.26 Å². The Morgan fingerprint density at radius 3 is 2.95 bits per heavy atom.